The van der Waals surface area contributed by atoms with Gasteiger partial charge in [-0.25, -0.2) is 9.78 Å². The summed E-state index contributed by atoms with van der Waals surface area (Å²) in [6.07, 6.45) is 4.80. The lowest BCUT2D eigenvalue weighted by Crippen LogP contribution is -2.40. The summed E-state index contributed by atoms with van der Waals surface area (Å²) in [7, 11) is 0. The fraction of sp³-hybridized carbons (Fsp3) is 0.692. The maximum absolute atomic E-state index is 11.5. The molecule has 1 rings (SSSR count). The summed E-state index contributed by atoms with van der Waals surface area (Å²) in [6, 6.07) is -0.234. The zero-order valence-corrected chi connectivity index (χ0v) is 12.4. The first-order chi connectivity index (χ1) is 9.15. The van der Waals surface area contributed by atoms with Gasteiger partial charge in [0, 0.05) is 30.6 Å². The summed E-state index contributed by atoms with van der Waals surface area (Å²) in [5.41, 5.74) is 0. The highest BCUT2D eigenvalue weighted by Gasteiger charge is 2.06. The largest absolute Gasteiger partial charge is 0.391 e. The van der Waals surface area contributed by atoms with E-state index in [1.807, 2.05) is 13.1 Å². The van der Waals surface area contributed by atoms with Gasteiger partial charge in [0.15, 0.2) is 0 Å². The molecule has 0 bridgehead atoms. The number of aryl methyl sites for hydroxylation is 1. The number of aromatic nitrogens is 1. The Morgan fingerprint density at radius 3 is 2.89 bits per heavy atom. The van der Waals surface area contributed by atoms with Crippen LogP contribution in [-0.2, 0) is 12.8 Å². The van der Waals surface area contributed by atoms with Crippen molar-refractivity contribution in [2.24, 2.45) is 0 Å². The summed E-state index contributed by atoms with van der Waals surface area (Å²) in [5.74, 6) is 0. The lowest BCUT2D eigenvalue weighted by Gasteiger charge is -2.11. The number of urea groups is 1. The molecule has 5 nitrogen and oxygen atoms in total. The van der Waals surface area contributed by atoms with Gasteiger partial charge in [-0.15, -0.1) is 11.3 Å². The van der Waals surface area contributed by atoms with Crippen molar-refractivity contribution < 1.29 is 9.90 Å². The number of nitrogens with one attached hydrogen (secondary N) is 2. The molecule has 1 unspecified atom stereocenters. The van der Waals surface area contributed by atoms with E-state index in [-0.39, 0.29) is 6.03 Å². The zero-order chi connectivity index (χ0) is 14.1. The first-order valence-electron chi connectivity index (χ1n) is 6.79. The number of thiazole rings is 1. The first-order valence-corrected chi connectivity index (χ1v) is 7.60. The van der Waals surface area contributed by atoms with Gasteiger partial charge in [-0.3, -0.25) is 0 Å². The van der Waals surface area contributed by atoms with E-state index in [1.165, 1.54) is 4.88 Å². The van der Waals surface area contributed by atoms with Gasteiger partial charge < -0.3 is 15.7 Å². The van der Waals surface area contributed by atoms with Crippen molar-refractivity contribution in [3.8, 4) is 0 Å². The molecule has 1 aromatic rings. The molecule has 19 heavy (non-hydrogen) atoms. The van der Waals surface area contributed by atoms with Gasteiger partial charge in [-0.05, 0) is 12.8 Å². The van der Waals surface area contributed by atoms with Gasteiger partial charge >= 0.3 is 6.03 Å². The topological polar surface area (TPSA) is 74.2 Å². The van der Waals surface area contributed by atoms with Crippen LogP contribution < -0.4 is 10.6 Å². The molecule has 0 aromatic carbocycles. The molecular formula is C13H23N3O2S. The standard InChI is InChI=1S/C13H23N3O2S/c1-3-5-10(17)8-16-13(18)14-7-6-12-15-9-11(4-2)19-12/h9-10,17H,3-8H2,1-2H3,(H2,14,16,18). The minimum atomic E-state index is -0.457. The SMILES string of the molecule is CCCC(O)CNC(=O)NCCc1ncc(CC)s1. The number of hydrogen-bond acceptors (Lipinski definition) is 4. The van der Waals surface area contributed by atoms with Crippen LogP contribution in [0.3, 0.4) is 0 Å². The number of aliphatic hydroxyl groups is 1. The highest BCUT2D eigenvalue weighted by atomic mass is 32.1. The molecule has 0 saturated heterocycles. The third-order valence-electron chi connectivity index (χ3n) is 2.69. The predicted molar refractivity (Wildman–Crippen MR) is 77.5 cm³/mol. The van der Waals surface area contributed by atoms with Crippen molar-refractivity contribution in [2.75, 3.05) is 13.1 Å². The van der Waals surface area contributed by atoms with E-state index in [2.05, 4.69) is 22.5 Å². The van der Waals surface area contributed by atoms with Crippen LogP contribution in [0.2, 0.25) is 0 Å². The summed E-state index contributed by atoms with van der Waals surface area (Å²) in [6.45, 7) is 4.97. The molecule has 6 heteroatoms. The van der Waals surface area contributed by atoms with E-state index in [9.17, 15) is 9.90 Å². The number of carbonyl (C=O) groups is 1. The molecule has 0 aliphatic carbocycles. The molecule has 0 fully saturated rings. The van der Waals surface area contributed by atoms with Crippen LogP contribution in [-0.4, -0.2) is 35.3 Å². The molecule has 0 saturated carbocycles. The van der Waals surface area contributed by atoms with Crippen LogP contribution in [0.1, 0.15) is 36.6 Å². The molecule has 0 spiro atoms. The Morgan fingerprint density at radius 1 is 1.47 bits per heavy atom. The maximum Gasteiger partial charge on any atom is 0.314 e. The third kappa shape index (κ3) is 6.54. The Kier molecular flexibility index (Phi) is 7.43. The molecule has 1 atom stereocenters. The smallest absolute Gasteiger partial charge is 0.314 e. The summed E-state index contributed by atoms with van der Waals surface area (Å²) >= 11 is 1.69. The van der Waals surface area contributed by atoms with Crippen LogP contribution >= 0.6 is 11.3 Å². The second kappa shape index (κ2) is 8.87. The van der Waals surface area contributed by atoms with Crippen LogP contribution in [0.4, 0.5) is 4.79 Å². The average Bonchev–Trinajstić information content (AvgIpc) is 2.85. The number of aliphatic hydroxyl groups excluding tert-OH is 1. The maximum atomic E-state index is 11.5. The number of rotatable bonds is 8. The van der Waals surface area contributed by atoms with Crippen molar-refractivity contribution in [1.29, 1.82) is 0 Å². The minimum Gasteiger partial charge on any atom is -0.391 e. The van der Waals surface area contributed by atoms with E-state index in [4.69, 9.17) is 0 Å². The molecule has 2 amide bonds. The van der Waals surface area contributed by atoms with Crippen LogP contribution in [0, 0.1) is 0 Å². The molecule has 0 aliphatic rings. The van der Waals surface area contributed by atoms with Crippen molar-refractivity contribution in [3.63, 3.8) is 0 Å². The third-order valence-corrected chi connectivity index (χ3v) is 3.90. The number of carbonyl (C=O) groups excluding carboxylic acids is 1. The second-order valence-corrected chi connectivity index (χ2v) is 5.60. The Morgan fingerprint density at radius 2 is 2.26 bits per heavy atom. The number of nitrogens with zero attached hydrogens (tertiary/aromatic N) is 1. The van der Waals surface area contributed by atoms with Crippen molar-refractivity contribution in [3.05, 3.63) is 16.1 Å². The van der Waals surface area contributed by atoms with E-state index < -0.39 is 6.10 Å². The van der Waals surface area contributed by atoms with E-state index in [1.54, 1.807) is 11.3 Å². The van der Waals surface area contributed by atoms with Crippen molar-refractivity contribution in [1.82, 2.24) is 15.6 Å². The quantitative estimate of drug-likeness (QED) is 0.680. The molecule has 108 valence electrons. The lowest BCUT2D eigenvalue weighted by molar-refractivity contribution is 0.160. The highest BCUT2D eigenvalue weighted by Crippen LogP contribution is 2.13. The average molecular weight is 285 g/mol. The van der Waals surface area contributed by atoms with Gasteiger partial charge in [-0.1, -0.05) is 20.3 Å². The normalized spacial score (nSPS) is 12.2. The van der Waals surface area contributed by atoms with Crippen molar-refractivity contribution >= 4 is 17.4 Å². The molecule has 0 aliphatic heterocycles. The van der Waals surface area contributed by atoms with E-state index in [0.717, 1.165) is 24.3 Å². The fourth-order valence-electron chi connectivity index (χ4n) is 1.62. The number of hydrogen-bond donors (Lipinski definition) is 3. The van der Waals surface area contributed by atoms with Gasteiger partial charge in [0.1, 0.15) is 0 Å². The summed E-state index contributed by atoms with van der Waals surface area (Å²) in [5, 5.41) is 15.9. The molecule has 0 radical (unpaired) electrons. The molecule has 3 N–H and O–H groups in total. The summed E-state index contributed by atoms with van der Waals surface area (Å²) in [4.78, 5) is 17.0. The van der Waals surface area contributed by atoms with Gasteiger partial charge in [-0.2, -0.15) is 0 Å². The van der Waals surface area contributed by atoms with E-state index >= 15 is 0 Å². The minimum absolute atomic E-state index is 0.234. The van der Waals surface area contributed by atoms with Crippen LogP contribution in [0.15, 0.2) is 6.20 Å². The Labute approximate surface area is 118 Å². The Hall–Kier alpha value is -1.14. The first kappa shape index (κ1) is 15.9. The Balaban J connectivity index is 2.13. The van der Waals surface area contributed by atoms with Gasteiger partial charge in [0.05, 0.1) is 11.1 Å². The number of amides is 2. The Bertz CT molecular complexity index is 382. The summed E-state index contributed by atoms with van der Waals surface area (Å²) < 4.78 is 0. The molecule has 1 aromatic heterocycles. The molecule has 1 heterocycles. The van der Waals surface area contributed by atoms with Gasteiger partial charge in [0.2, 0.25) is 0 Å². The van der Waals surface area contributed by atoms with Crippen LogP contribution in [0.25, 0.3) is 0 Å². The van der Waals surface area contributed by atoms with Crippen molar-refractivity contribution in [2.45, 2.75) is 45.6 Å². The second-order valence-electron chi connectivity index (χ2n) is 4.40. The predicted octanol–water partition coefficient (Wildman–Crippen LogP) is 1.71. The van der Waals surface area contributed by atoms with Crippen LogP contribution in [0.5, 0.6) is 0 Å². The molecular weight excluding hydrogens is 262 g/mol. The van der Waals surface area contributed by atoms with E-state index in [0.29, 0.717) is 19.5 Å². The zero-order valence-electron chi connectivity index (χ0n) is 11.6. The lowest BCUT2D eigenvalue weighted by atomic mass is 10.2. The fourth-order valence-corrected chi connectivity index (χ4v) is 2.48. The highest BCUT2D eigenvalue weighted by molar-refractivity contribution is 7.11. The monoisotopic (exact) mass is 285 g/mol. The van der Waals surface area contributed by atoms with Gasteiger partial charge in [0.25, 0.3) is 0 Å².